The molecule has 1 amide bonds. The highest BCUT2D eigenvalue weighted by Gasteiger charge is 2.10. The van der Waals surface area contributed by atoms with Gasteiger partial charge in [0.25, 0.3) is 0 Å². The number of nitrogen functional groups attached to an aromatic ring is 1. The van der Waals surface area contributed by atoms with Gasteiger partial charge >= 0.3 is 0 Å². The molecule has 0 bridgehead atoms. The number of benzene rings is 1. The molecule has 0 aliphatic rings. The molecule has 0 saturated carbocycles. The predicted molar refractivity (Wildman–Crippen MR) is 86.3 cm³/mol. The lowest BCUT2D eigenvalue weighted by Gasteiger charge is -2.07. The molecule has 0 spiro atoms. The predicted octanol–water partition coefficient (Wildman–Crippen LogP) is 1.99. The highest BCUT2D eigenvalue weighted by atomic mass is 32.2. The molecule has 3 N–H and O–H groups in total. The third-order valence-corrected chi connectivity index (χ3v) is 4.18. The van der Waals surface area contributed by atoms with Crippen molar-refractivity contribution in [3.05, 3.63) is 41.7 Å². The SMILES string of the molecule is Cc1nn(CC(=O)NCCSc2ccccc2)c(C)c1N. The Balaban J connectivity index is 1.74. The Morgan fingerprint density at radius 2 is 2.05 bits per heavy atom. The normalized spacial score (nSPS) is 10.6. The minimum absolute atomic E-state index is 0.0470. The van der Waals surface area contributed by atoms with Crippen molar-refractivity contribution in [2.75, 3.05) is 18.0 Å². The van der Waals surface area contributed by atoms with Gasteiger partial charge in [-0.25, -0.2) is 0 Å². The maximum absolute atomic E-state index is 11.9. The zero-order chi connectivity index (χ0) is 15.2. The first-order valence-electron chi connectivity index (χ1n) is 6.82. The highest BCUT2D eigenvalue weighted by Crippen LogP contribution is 2.16. The fourth-order valence-electron chi connectivity index (χ4n) is 1.93. The highest BCUT2D eigenvalue weighted by molar-refractivity contribution is 7.99. The van der Waals surface area contributed by atoms with E-state index in [0.29, 0.717) is 12.2 Å². The summed E-state index contributed by atoms with van der Waals surface area (Å²) >= 11 is 1.72. The molecule has 6 heteroatoms. The minimum atomic E-state index is -0.0470. The molecule has 1 aromatic heterocycles. The van der Waals surface area contributed by atoms with Crippen molar-refractivity contribution in [2.45, 2.75) is 25.3 Å². The molecule has 0 aliphatic heterocycles. The Labute approximate surface area is 128 Å². The first-order chi connectivity index (χ1) is 10.1. The maximum atomic E-state index is 11.9. The molecule has 0 unspecified atom stereocenters. The summed E-state index contributed by atoms with van der Waals surface area (Å²) in [6, 6.07) is 10.1. The Bertz CT molecular complexity index is 610. The lowest BCUT2D eigenvalue weighted by atomic mass is 10.3. The Kier molecular flexibility index (Phi) is 5.27. The van der Waals surface area contributed by atoms with E-state index < -0.39 is 0 Å². The van der Waals surface area contributed by atoms with Crippen LogP contribution >= 0.6 is 11.8 Å². The Hall–Kier alpha value is -1.95. The van der Waals surface area contributed by atoms with Crippen LogP contribution in [0.5, 0.6) is 0 Å². The van der Waals surface area contributed by atoms with Crippen molar-refractivity contribution in [3.8, 4) is 0 Å². The van der Waals surface area contributed by atoms with Crippen LogP contribution in [0.1, 0.15) is 11.4 Å². The van der Waals surface area contributed by atoms with E-state index in [0.717, 1.165) is 17.1 Å². The average molecular weight is 304 g/mol. The van der Waals surface area contributed by atoms with Crippen LogP contribution in [0.3, 0.4) is 0 Å². The molecule has 1 aromatic carbocycles. The van der Waals surface area contributed by atoms with Crippen LogP contribution in [0, 0.1) is 13.8 Å². The van der Waals surface area contributed by atoms with E-state index in [9.17, 15) is 4.79 Å². The number of hydrogen-bond acceptors (Lipinski definition) is 4. The second-order valence-electron chi connectivity index (χ2n) is 4.75. The van der Waals surface area contributed by atoms with Gasteiger partial charge in [0.15, 0.2) is 0 Å². The topological polar surface area (TPSA) is 72.9 Å². The molecule has 1 heterocycles. The van der Waals surface area contributed by atoms with Crippen molar-refractivity contribution in [1.82, 2.24) is 15.1 Å². The van der Waals surface area contributed by atoms with Crippen LogP contribution in [0.25, 0.3) is 0 Å². The lowest BCUT2D eigenvalue weighted by molar-refractivity contribution is -0.121. The summed E-state index contributed by atoms with van der Waals surface area (Å²) in [5.74, 6) is 0.795. The van der Waals surface area contributed by atoms with E-state index in [2.05, 4.69) is 22.5 Å². The standard InChI is InChI=1S/C15H20N4OS/c1-11-15(16)12(2)19(18-11)10-14(20)17-8-9-21-13-6-4-3-5-7-13/h3-7H,8-10,16H2,1-2H3,(H,17,20). The van der Waals surface area contributed by atoms with Gasteiger partial charge in [-0.15, -0.1) is 11.8 Å². The van der Waals surface area contributed by atoms with E-state index in [-0.39, 0.29) is 12.5 Å². The number of nitrogens with two attached hydrogens (primary N) is 1. The first kappa shape index (κ1) is 15.4. The monoisotopic (exact) mass is 304 g/mol. The second kappa shape index (κ2) is 7.17. The fourth-order valence-corrected chi connectivity index (χ4v) is 2.72. The van der Waals surface area contributed by atoms with E-state index >= 15 is 0 Å². The van der Waals surface area contributed by atoms with Gasteiger partial charge in [-0.2, -0.15) is 5.10 Å². The van der Waals surface area contributed by atoms with E-state index in [1.807, 2.05) is 32.0 Å². The molecule has 2 rings (SSSR count). The molecule has 0 aliphatic carbocycles. The molecule has 0 saturated heterocycles. The molecule has 0 radical (unpaired) electrons. The first-order valence-corrected chi connectivity index (χ1v) is 7.80. The van der Waals surface area contributed by atoms with Crippen molar-refractivity contribution in [3.63, 3.8) is 0 Å². The Morgan fingerprint density at radius 1 is 1.33 bits per heavy atom. The third-order valence-electron chi connectivity index (χ3n) is 3.17. The molecule has 112 valence electrons. The van der Waals surface area contributed by atoms with E-state index in [1.165, 1.54) is 4.90 Å². The van der Waals surface area contributed by atoms with Gasteiger partial charge in [0.05, 0.1) is 17.1 Å². The summed E-state index contributed by atoms with van der Waals surface area (Å²) in [6.45, 7) is 4.55. The molecular weight excluding hydrogens is 284 g/mol. The average Bonchev–Trinajstić information content (AvgIpc) is 2.72. The van der Waals surface area contributed by atoms with Crippen LogP contribution in [0.2, 0.25) is 0 Å². The molecule has 0 fully saturated rings. The van der Waals surface area contributed by atoms with Crippen molar-refractivity contribution >= 4 is 23.4 Å². The number of amides is 1. The summed E-state index contributed by atoms with van der Waals surface area (Å²) in [4.78, 5) is 13.1. The number of hydrogen-bond donors (Lipinski definition) is 2. The lowest BCUT2D eigenvalue weighted by Crippen LogP contribution is -2.30. The van der Waals surface area contributed by atoms with Gasteiger partial charge in [-0.3, -0.25) is 9.48 Å². The number of carbonyl (C=O) groups is 1. The molecule has 0 atom stereocenters. The Morgan fingerprint density at radius 3 is 2.67 bits per heavy atom. The van der Waals surface area contributed by atoms with Crippen molar-refractivity contribution in [2.24, 2.45) is 0 Å². The number of nitrogens with one attached hydrogen (secondary N) is 1. The van der Waals surface area contributed by atoms with Crippen LogP contribution in [-0.4, -0.2) is 28.0 Å². The van der Waals surface area contributed by atoms with E-state index in [1.54, 1.807) is 16.4 Å². The van der Waals surface area contributed by atoms with Crippen LogP contribution in [0.4, 0.5) is 5.69 Å². The summed E-state index contributed by atoms with van der Waals surface area (Å²) in [5.41, 5.74) is 8.10. The zero-order valence-corrected chi connectivity index (χ0v) is 13.1. The summed E-state index contributed by atoms with van der Waals surface area (Å²) in [7, 11) is 0. The van der Waals surface area contributed by atoms with E-state index in [4.69, 9.17) is 5.73 Å². The zero-order valence-electron chi connectivity index (χ0n) is 12.3. The van der Waals surface area contributed by atoms with Crippen LogP contribution < -0.4 is 11.1 Å². The van der Waals surface area contributed by atoms with Gasteiger partial charge < -0.3 is 11.1 Å². The van der Waals surface area contributed by atoms with Crippen molar-refractivity contribution < 1.29 is 4.79 Å². The van der Waals surface area contributed by atoms with Crippen LogP contribution in [-0.2, 0) is 11.3 Å². The quantitative estimate of drug-likeness (QED) is 0.632. The number of nitrogens with zero attached hydrogens (tertiary/aromatic N) is 2. The van der Waals surface area contributed by atoms with Gasteiger partial charge in [0.1, 0.15) is 6.54 Å². The summed E-state index contributed by atoms with van der Waals surface area (Å²) < 4.78 is 1.64. The third kappa shape index (κ3) is 4.26. The number of carbonyl (C=O) groups excluding carboxylic acids is 1. The maximum Gasteiger partial charge on any atom is 0.241 e. The summed E-state index contributed by atoms with van der Waals surface area (Å²) in [5, 5.41) is 7.15. The molecule has 5 nitrogen and oxygen atoms in total. The largest absolute Gasteiger partial charge is 0.396 e. The number of aryl methyl sites for hydroxylation is 1. The number of thioether (sulfide) groups is 1. The second-order valence-corrected chi connectivity index (χ2v) is 5.92. The molecule has 21 heavy (non-hydrogen) atoms. The molecular formula is C15H20N4OS. The fraction of sp³-hybridized carbons (Fsp3) is 0.333. The molecule has 2 aromatic rings. The number of rotatable bonds is 6. The minimum Gasteiger partial charge on any atom is -0.396 e. The van der Waals surface area contributed by atoms with Crippen LogP contribution in [0.15, 0.2) is 35.2 Å². The summed E-state index contributed by atoms with van der Waals surface area (Å²) in [6.07, 6.45) is 0. The number of anilines is 1. The van der Waals surface area contributed by atoms with Gasteiger partial charge in [-0.05, 0) is 26.0 Å². The van der Waals surface area contributed by atoms with Gasteiger partial charge in [-0.1, -0.05) is 18.2 Å². The van der Waals surface area contributed by atoms with Gasteiger partial charge in [0.2, 0.25) is 5.91 Å². The van der Waals surface area contributed by atoms with Gasteiger partial charge in [0, 0.05) is 17.2 Å². The van der Waals surface area contributed by atoms with Crippen molar-refractivity contribution in [1.29, 1.82) is 0 Å². The number of aromatic nitrogens is 2. The smallest absolute Gasteiger partial charge is 0.241 e.